The zero-order valence-electron chi connectivity index (χ0n) is 19.0. The van der Waals surface area contributed by atoms with Crippen LogP contribution < -0.4 is 11.0 Å². The molecule has 176 valence electrons. The molecule has 1 N–H and O–H groups in total. The van der Waals surface area contributed by atoms with Crippen LogP contribution >= 0.6 is 11.8 Å². The van der Waals surface area contributed by atoms with Gasteiger partial charge in [0.1, 0.15) is 5.03 Å². The Labute approximate surface area is 197 Å². The van der Waals surface area contributed by atoms with Crippen molar-refractivity contribution >= 4 is 29.1 Å². The number of nitrogens with one attached hydrogen (secondary N) is 1. The van der Waals surface area contributed by atoms with Crippen LogP contribution in [0.15, 0.2) is 34.1 Å². The Morgan fingerprint density at radius 1 is 1.09 bits per heavy atom. The lowest BCUT2D eigenvalue weighted by Crippen LogP contribution is -2.40. The maximum Gasteiger partial charge on any atom is 0.348 e. The third kappa shape index (κ3) is 6.10. The highest BCUT2D eigenvalue weighted by Crippen LogP contribution is 2.28. The second-order valence-corrected chi connectivity index (χ2v) is 9.37. The van der Waals surface area contributed by atoms with Crippen molar-refractivity contribution in [2.45, 2.75) is 44.2 Å². The fraction of sp³-hybridized carbons (Fsp3) is 0.500. The van der Waals surface area contributed by atoms with Crippen LogP contribution in [-0.2, 0) is 28.9 Å². The smallest absolute Gasteiger partial charge is 0.348 e. The summed E-state index contributed by atoms with van der Waals surface area (Å²) in [5.41, 5.74) is 3.21. The van der Waals surface area contributed by atoms with Gasteiger partial charge in [-0.3, -0.25) is 19.1 Å². The summed E-state index contributed by atoms with van der Waals surface area (Å²) in [6.45, 7) is 6.22. The van der Waals surface area contributed by atoms with Crippen molar-refractivity contribution in [1.82, 2.24) is 14.5 Å². The molecule has 0 saturated carbocycles. The number of Topliss-reactive ketones (excluding diaryl/α,β-unsaturated/α-hetero) is 1. The van der Waals surface area contributed by atoms with Crippen molar-refractivity contribution in [3.8, 4) is 0 Å². The summed E-state index contributed by atoms with van der Waals surface area (Å²) in [4.78, 5) is 43.4. The minimum Gasteiger partial charge on any atom is -0.379 e. The number of ether oxygens (including phenoxy) is 1. The molecule has 33 heavy (non-hydrogen) atoms. The summed E-state index contributed by atoms with van der Waals surface area (Å²) < 4.78 is 7.25. The highest BCUT2D eigenvalue weighted by molar-refractivity contribution is 8.00. The maximum atomic E-state index is 12.9. The first-order valence-electron chi connectivity index (χ1n) is 11.5. The van der Waals surface area contributed by atoms with Crippen molar-refractivity contribution in [2.24, 2.45) is 0 Å². The van der Waals surface area contributed by atoms with E-state index in [-0.39, 0.29) is 23.1 Å². The summed E-state index contributed by atoms with van der Waals surface area (Å²) in [6.07, 6.45) is 3.89. The van der Waals surface area contributed by atoms with Gasteiger partial charge in [0.25, 0.3) is 0 Å². The Morgan fingerprint density at radius 3 is 2.55 bits per heavy atom. The minimum absolute atomic E-state index is 0.0149. The second kappa shape index (κ2) is 11.1. The molecule has 0 radical (unpaired) electrons. The van der Waals surface area contributed by atoms with Crippen molar-refractivity contribution in [2.75, 3.05) is 43.9 Å². The van der Waals surface area contributed by atoms with Crippen LogP contribution in [0.3, 0.4) is 0 Å². The number of ketones is 1. The Bertz CT molecular complexity index is 1060. The molecule has 1 aromatic heterocycles. The summed E-state index contributed by atoms with van der Waals surface area (Å²) in [5, 5.41) is 3.52. The normalized spacial score (nSPS) is 16.3. The number of carbonyl (C=O) groups is 2. The number of benzene rings is 1. The van der Waals surface area contributed by atoms with E-state index in [1.807, 2.05) is 4.57 Å². The standard InChI is InChI=1S/C24H30N4O4S/c1-17(29)18-6-8-19(9-7-18)25-22(30)16-33-23-20-4-2-3-5-21(20)28(24(31)26-23)11-10-27-12-14-32-15-13-27/h6-9H,2-5,10-16H2,1H3,(H,25,30). The van der Waals surface area contributed by atoms with Crippen LogP contribution in [0.25, 0.3) is 0 Å². The van der Waals surface area contributed by atoms with E-state index in [1.165, 1.54) is 18.7 Å². The number of hydrogen-bond donors (Lipinski definition) is 1. The van der Waals surface area contributed by atoms with Gasteiger partial charge in [0.2, 0.25) is 5.91 Å². The Kier molecular flexibility index (Phi) is 7.95. The van der Waals surface area contributed by atoms with E-state index in [4.69, 9.17) is 4.74 Å². The summed E-state index contributed by atoms with van der Waals surface area (Å²) >= 11 is 1.32. The summed E-state index contributed by atoms with van der Waals surface area (Å²) in [5.74, 6) is -0.0112. The lowest BCUT2D eigenvalue weighted by Gasteiger charge is -2.28. The molecule has 1 saturated heterocycles. The van der Waals surface area contributed by atoms with E-state index in [9.17, 15) is 14.4 Å². The molecule has 4 rings (SSSR count). The van der Waals surface area contributed by atoms with Gasteiger partial charge in [-0.15, -0.1) is 0 Å². The zero-order valence-corrected chi connectivity index (χ0v) is 19.8. The molecule has 2 aromatic rings. The van der Waals surface area contributed by atoms with Gasteiger partial charge in [0.15, 0.2) is 5.78 Å². The fourth-order valence-corrected chi connectivity index (χ4v) is 5.16. The van der Waals surface area contributed by atoms with Gasteiger partial charge in [-0.25, -0.2) is 4.79 Å². The number of aromatic nitrogens is 2. The highest BCUT2D eigenvalue weighted by atomic mass is 32.2. The van der Waals surface area contributed by atoms with E-state index in [0.29, 0.717) is 22.8 Å². The van der Waals surface area contributed by atoms with Gasteiger partial charge >= 0.3 is 5.69 Å². The van der Waals surface area contributed by atoms with Crippen molar-refractivity contribution in [3.05, 3.63) is 51.6 Å². The molecule has 0 spiro atoms. The summed E-state index contributed by atoms with van der Waals surface area (Å²) in [7, 11) is 0. The molecule has 1 fully saturated rings. The number of anilines is 1. The average Bonchev–Trinajstić information content (AvgIpc) is 2.83. The van der Waals surface area contributed by atoms with Crippen LogP contribution in [0.2, 0.25) is 0 Å². The molecule has 8 nitrogen and oxygen atoms in total. The third-order valence-electron chi connectivity index (χ3n) is 6.11. The van der Waals surface area contributed by atoms with Gasteiger partial charge in [-0.05, 0) is 56.9 Å². The van der Waals surface area contributed by atoms with Crippen molar-refractivity contribution in [1.29, 1.82) is 0 Å². The third-order valence-corrected chi connectivity index (χ3v) is 7.13. The molecule has 9 heteroatoms. The largest absolute Gasteiger partial charge is 0.379 e. The van der Waals surface area contributed by atoms with Crippen LogP contribution in [0.5, 0.6) is 0 Å². The Balaban J connectivity index is 1.42. The first-order valence-corrected chi connectivity index (χ1v) is 12.5. The number of nitrogens with zero attached hydrogens (tertiary/aromatic N) is 3. The SMILES string of the molecule is CC(=O)c1ccc(NC(=O)CSc2nc(=O)n(CCN3CCOCC3)c3c2CCCC3)cc1. The van der Waals surface area contributed by atoms with Gasteiger partial charge in [0, 0.05) is 48.7 Å². The molecule has 1 aromatic carbocycles. The maximum absolute atomic E-state index is 12.9. The number of hydrogen-bond acceptors (Lipinski definition) is 7. The number of rotatable bonds is 8. The van der Waals surface area contributed by atoms with E-state index < -0.39 is 0 Å². The second-order valence-electron chi connectivity index (χ2n) is 8.41. The predicted molar refractivity (Wildman–Crippen MR) is 128 cm³/mol. The monoisotopic (exact) mass is 470 g/mol. The molecular weight excluding hydrogens is 440 g/mol. The molecule has 1 aliphatic heterocycles. The molecule has 0 unspecified atom stereocenters. The molecule has 1 amide bonds. The van der Waals surface area contributed by atoms with Crippen LogP contribution in [0, 0.1) is 0 Å². The molecule has 2 aliphatic rings. The van der Waals surface area contributed by atoms with Crippen molar-refractivity contribution in [3.63, 3.8) is 0 Å². The lowest BCUT2D eigenvalue weighted by atomic mass is 9.97. The van der Waals surface area contributed by atoms with Crippen molar-refractivity contribution < 1.29 is 14.3 Å². The van der Waals surface area contributed by atoms with Gasteiger partial charge in [-0.1, -0.05) is 11.8 Å². The Hall–Kier alpha value is -2.49. The quantitative estimate of drug-likeness (QED) is 0.360. The topological polar surface area (TPSA) is 93.5 Å². The lowest BCUT2D eigenvalue weighted by molar-refractivity contribution is -0.113. The van der Waals surface area contributed by atoms with Crippen LogP contribution in [-0.4, -0.2) is 64.7 Å². The predicted octanol–water partition coefficient (Wildman–Crippen LogP) is 2.39. The molecular formula is C24H30N4O4S. The number of carbonyl (C=O) groups excluding carboxylic acids is 2. The molecule has 0 atom stereocenters. The zero-order chi connectivity index (χ0) is 23.2. The minimum atomic E-state index is -0.230. The highest BCUT2D eigenvalue weighted by Gasteiger charge is 2.22. The van der Waals surface area contributed by atoms with E-state index in [2.05, 4.69) is 15.2 Å². The van der Waals surface area contributed by atoms with Gasteiger partial charge < -0.3 is 10.1 Å². The van der Waals surface area contributed by atoms with Crippen LogP contribution in [0.1, 0.15) is 41.4 Å². The summed E-state index contributed by atoms with van der Waals surface area (Å²) in [6, 6.07) is 6.82. The average molecular weight is 471 g/mol. The van der Waals surface area contributed by atoms with Gasteiger partial charge in [-0.2, -0.15) is 4.98 Å². The number of fused-ring (bicyclic) bond motifs is 1. The molecule has 0 bridgehead atoms. The van der Waals surface area contributed by atoms with Gasteiger partial charge in [0.05, 0.1) is 19.0 Å². The van der Waals surface area contributed by atoms with Crippen LogP contribution in [0.4, 0.5) is 5.69 Å². The number of morpholine rings is 1. The Morgan fingerprint density at radius 2 is 1.82 bits per heavy atom. The first kappa shape index (κ1) is 23.7. The first-order chi connectivity index (χ1) is 16.0. The fourth-order valence-electron chi connectivity index (χ4n) is 4.28. The van der Waals surface area contributed by atoms with E-state index in [1.54, 1.807) is 24.3 Å². The number of amides is 1. The molecule has 2 heterocycles. The van der Waals surface area contributed by atoms with E-state index in [0.717, 1.165) is 69.8 Å². The van der Waals surface area contributed by atoms with E-state index >= 15 is 0 Å². The number of thioether (sulfide) groups is 1. The molecule has 1 aliphatic carbocycles.